The Morgan fingerprint density at radius 3 is 2.29 bits per heavy atom. The van der Waals surface area contributed by atoms with Crippen molar-refractivity contribution in [3.63, 3.8) is 0 Å². The molecule has 1 aromatic heterocycles. The Bertz CT molecular complexity index is 360. The molecule has 1 rings (SSSR count). The lowest BCUT2D eigenvalue weighted by Crippen LogP contribution is -2.49. The third kappa shape index (κ3) is 3.26. The van der Waals surface area contributed by atoms with Crippen LogP contribution in [0.4, 0.5) is 11.6 Å². The Morgan fingerprint density at radius 1 is 1.24 bits per heavy atom. The summed E-state index contributed by atoms with van der Waals surface area (Å²) in [5.41, 5.74) is 4.38. The summed E-state index contributed by atoms with van der Waals surface area (Å²) in [5, 5.41) is 30.3. The van der Waals surface area contributed by atoms with E-state index in [1.165, 1.54) is 6.07 Å². The molecule has 0 aliphatic heterocycles. The zero-order chi connectivity index (χ0) is 12.9. The molecule has 0 aliphatic carbocycles. The molecule has 96 valence electrons. The standard InChI is InChI=1S/C10H18N4O3/c1-2-8-12-7(11)3-9(13-8)14-10(4-15,5-16)6-17/h3,15-17H,2,4-6H2,1H3,(H3,11,12,13,14). The maximum Gasteiger partial charge on any atom is 0.132 e. The predicted octanol–water partition coefficient (Wildman–Crippen LogP) is -1.25. The lowest BCUT2D eigenvalue weighted by Gasteiger charge is -2.29. The smallest absolute Gasteiger partial charge is 0.132 e. The summed E-state index contributed by atoms with van der Waals surface area (Å²) >= 11 is 0. The lowest BCUT2D eigenvalue weighted by molar-refractivity contribution is 0.0831. The van der Waals surface area contributed by atoms with Crippen LogP contribution in [0.3, 0.4) is 0 Å². The van der Waals surface area contributed by atoms with Crippen LogP contribution in [0.1, 0.15) is 12.7 Å². The number of nitrogens with one attached hydrogen (secondary N) is 1. The maximum absolute atomic E-state index is 9.18. The van der Waals surface area contributed by atoms with Crippen molar-refractivity contribution in [2.75, 3.05) is 30.9 Å². The average Bonchev–Trinajstić information content (AvgIpc) is 2.35. The Kier molecular flexibility index (Phi) is 4.62. The van der Waals surface area contributed by atoms with Crippen molar-refractivity contribution in [2.45, 2.75) is 18.9 Å². The van der Waals surface area contributed by atoms with E-state index in [0.29, 0.717) is 23.9 Å². The van der Waals surface area contributed by atoms with E-state index in [2.05, 4.69) is 15.3 Å². The molecule has 0 fully saturated rings. The van der Waals surface area contributed by atoms with Crippen LogP contribution in [0.25, 0.3) is 0 Å². The molecule has 0 unspecified atom stereocenters. The van der Waals surface area contributed by atoms with Crippen LogP contribution in [0.15, 0.2) is 6.07 Å². The Morgan fingerprint density at radius 2 is 1.82 bits per heavy atom. The Labute approximate surface area is 99.3 Å². The van der Waals surface area contributed by atoms with E-state index < -0.39 is 25.4 Å². The van der Waals surface area contributed by atoms with Crippen molar-refractivity contribution in [2.24, 2.45) is 0 Å². The highest BCUT2D eigenvalue weighted by atomic mass is 16.3. The number of hydrogen-bond donors (Lipinski definition) is 5. The van der Waals surface area contributed by atoms with Crippen LogP contribution >= 0.6 is 0 Å². The molecule has 0 radical (unpaired) electrons. The van der Waals surface area contributed by atoms with Crippen LogP contribution in [-0.2, 0) is 6.42 Å². The summed E-state index contributed by atoms with van der Waals surface area (Å²) in [6.45, 7) is 0.609. The number of aliphatic hydroxyl groups is 3. The van der Waals surface area contributed by atoms with E-state index >= 15 is 0 Å². The van der Waals surface area contributed by atoms with Crippen LogP contribution in [-0.4, -0.2) is 50.6 Å². The van der Waals surface area contributed by atoms with Crippen LogP contribution in [0.2, 0.25) is 0 Å². The molecule has 7 nitrogen and oxygen atoms in total. The van der Waals surface area contributed by atoms with Gasteiger partial charge in [0.25, 0.3) is 0 Å². The van der Waals surface area contributed by atoms with Gasteiger partial charge in [0, 0.05) is 12.5 Å². The van der Waals surface area contributed by atoms with E-state index in [4.69, 9.17) is 5.73 Å². The summed E-state index contributed by atoms with van der Waals surface area (Å²) < 4.78 is 0. The normalized spacial score (nSPS) is 11.5. The number of nitrogens with zero attached hydrogens (tertiary/aromatic N) is 2. The lowest BCUT2D eigenvalue weighted by atomic mass is 10.0. The first-order valence-electron chi connectivity index (χ1n) is 5.33. The van der Waals surface area contributed by atoms with Gasteiger partial charge >= 0.3 is 0 Å². The van der Waals surface area contributed by atoms with Crippen molar-refractivity contribution in [1.82, 2.24) is 9.97 Å². The summed E-state index contributed by atoms with van der Waals surface area (Å²) in [7, 11) is 0. The highest BCUT2D eigenvalue weighted by Gasteiger charge is 2.28. The van der Waals surface area contributed by atoms with Gasteiger partial charge in [-0.2, -0.15) is 0 Å². The number of aryl methyl sites for hydroxylation is 1. The fraction of sp³-hybridized carbons (Fsp3) is 0.600. The third-order valence-corrected chi connectivity index (χ3v) is 2.41. The van der Waals surface area contributed by atoms with E-state index in [1.54, 1.807) is 0 Å². The van der Waals surface area contributed by atoms with Gasteiger partial charge in [-0.15, -0.1) is 0 Å². The second-order valence-electron chi connectivity index (χ2n) is 3.83. The van der Waals surface area contributed by atoms with Gasteiger partial charge in [-0.3, -0.25) is 0 Å². The zero-order valence-electron chi connectivity index (χ0n) is 9.72. The third-order valence-electron chi connectivity index (χ3n) is 2.41. The molecule has 1 heterocycles. The van der Waals surface area contributed by atoms with Gasteiger partial charge in [0.05, 0.1) is 19.8 Å². The van der Waals surface area contributed by atoms with Gasteiger partial charge in [0.15, 0.2) is 0 Å². The molecule has 0 saturated carbocycles. The highest BCUT2D eigenvalue weighted by molar-refractivity contribution is 5.46. The molecular weight excluding hydrogens is 224 g/mol. The van der Waals surface area contributed by atoms with Crippen molar-refractivity contribution >= 4 is 11.6 Å². The first-order chi connectivity index (χ1) is 8.09. The van der Waals surface area contributed by atoms with Gasteiger partial charge in [-0.25, -0.2) is 9.97 Å². The molecule has 0 amide bonds. The van der Waals surface area contributed by atoms with E-state index in [1.807, 2.05) is 6.92 Å². The molecule has 0 bridgehead atoms. The molecule has 6 N–H and O–H groups in total. The van der Waals surface area contributed by atoms with Gasteiger partial charge in [0.1, 0.15) is 23.0 Å². The van der Waals surface area contributed by atoms with Crippen LogP contribution in [0.5, 0.6) is 0 Å². The number of hydrogen-bond acceptors (Lipinski definition) is 7. The monoisotopic (exact) mass is 242 g/mol. The number of aliphatic hydroxyl groups excluding tert-OH is 3. The van der Waals surface area contributed by atoms with Crippen LogP contribution in [0, 0.1) is 0 Å². The molecular formula is C10H18N4O3. The molecule has 0 aliphatic rings. The number of rotatable bonds is 6. The average molecular weight is 242 g/mol. The van der Waals surface area contributed by atoms with Crippen molar-refractivity contribution in [3.05, 3.63) is 11.9 Å². The number of nitrogens with two attached hydrogens (primary N) is 1. The second kappa shape index (κ2) is 5.76. The Hall–Kier alpha value is -1.44. The predicted molar refractivity (Wildman–Crippen MR) is 63.4 cm³/mol. The van der Waals surface area contributed by atoms with Gasteiger partial charge in [-0.1, -0.05) is 6.92 Å². The molecule has 17 heavy (non-hydrogen) atoms. The quantitative estimate of drug-likeness (QED) is 0.422. The van der Waals surface area contributed by atoms with E-state index in [0.717, 1.165) is 0 Å². The molecule has 7 heteroatoms. The molecule has 0 aromatic carbocycles. The molecule has 1 aromatic rings. The minimum absolute atomic E-state index is 0.294. The first-order valence-corrected chi connectivity index (χ1v) is 5.33. The van der Waals surface area contributed by atoms with E-state index in [-0.39, 0.29) is 0 Å². The minimum atomic E-state index is -1.22. The number of nitrogen functional groups attached to an aromatic ring is 1. The van der Waals surface area contributed by atoms with Crippen molar-refractivity contribution < 1.29 is 15.3 Å². The number of aromatic nitrogens is 2. The summed E-state index contributed by atoms with van der Waals surface area (Å²) in [4.78, 5) is 8.14. The van der Waals surface area contributed by atoms with Crippen molar-refractivity contribution in [3.8, 4) is 0 Å². The van der Waals surface area contributed by atoms with Gasteiger partial charge in [-0.05, 0) is 0 Å². The van der Waals surface area contributed by atoms with Gasteiger partial charge in [0.2, 0.25) is 0 Å². The minimum Gasteiger partial charge on any atom is -0.394 e. The van der Waals surface area contributed by atoms with Crippen LogP contribution < -0.4 is 11.1 Å². The van der Waals surface area contributed by atoms with E-state index in [9.17, 15) is 15.3 Å². The highest BCUT2D eigenvalue weighted by Crippen LogP contribution is 2.15. The zero-order valence-corrected chi connectivity index (χ0v) is 9.72. The first kappa shape index (κ1) is 13.6. The topological polar surface area (TPSA) is 125 Å². The molecule has 0 atom stereocenters. The Balaban J connectivity index is 2.96. The summed E-state index contributed by atoms with van der Waals surface area (Å²) in [6, 6.07) is 1.48. The molecule has 0 saturated heterocycles. The fourth-order valence-corrected chi connectivity index (χ4v) is 1.28. The number of anilines is 2. The van der Waals surface area contributed by atoms with Crippen molar-refractivity contribution in [1.29, 1.82) is 0 Å². The fourth-order valence-electron chi connectivity index (χ4n) is 1.28. The van der Waals surface area contributed by atoms with Gasteiger partial charge < -0.3 is 26.4 Å². The largest absolute Gasteiger partial charge is 0.394 e. The summed E-state index contributed by atoms with van der Waals surface area (Å²) in [5.74, 6) is 1.21. The summed E-state index contributed by atoms with van der Waals surface area (Å²) in [6.07, 6.45) is 0.615. The second-order valence-corrected chi connectivity index (χ2v) is 3.83. The molecule has 0 spiro atoms. The SMILES string of the molecule is CCc1nc(N)cc(NC(CO)(CO)CO)n1. The maximum atomic E-state index is 9.18.